The van der Waals surface area contributed by atoms with Gasteiger partial charge in [0.15, 0.2) is 0 Å². The van der Waals surface area contributed by atoms with Crippen molar-refractivity contribution in [2.24, 2.45) is 5.73 Å². The summed E-state index contributed by atoms with van der Waals surface area (Å²) in [5.74, 6) is -0.287. The fourth-order valence-electron chi connectivity index (χ4n) is 1.66. The fraction of sp³-hybridized carbons (Fsp3) is 0.462. The van der Waals surface area contributed by atoms with Gasteiger partial charge in [-0.2, -0.15) is 4.31 Å². The number of carbonyl (C=O) groups excluding carboxylic acids is 1. The predicted octanol–water partition coefficient (Wildman–Crippen LogP) is 0.897. The molecule has 0 saturated heterocycles. The molecule has 0 spiro atoms. The van der Waals surface area contributed by atoms with Crippen LogP contribution in [-0.4, -0.2) is 50.7 Å². The molecule has 118 valence electrons. The van der Waals surface area contributed by atoms with Crippen LogP contribution in [0.4, 0.5) is 0 Å². The number of sulfonamides is 1. The maximum absolute atomic E-state index is 12.5. The van der Waals surface area contributed by atoms with Crippen molar-refractivity contribution in [3.8, 4) is 0 Å². The van der Waals surface area contributed by atoms with Crippen LogP contribution in [0.25, 0.3) is 0 Å². The Bertz CT molecular complexity index is 617. The quantitative estimate of drug-likeness (QED) is 0.838. The molecular formula is C13H20ClN3O3S. The predicted molar refractivity (Wildman–Crippen MR) is 82.5 cm³/mol. The van der Waals surface area contributed by atoms with Gasteiger partial charge in [0, 0.05) is 32.2 Å². The molecule has 0 unspecified atom stereocenters. The summed E-state index contributed by atoms with van der Waals surface area (Å²) >= 11 is 6.00. The summed E-state index contributed by atoms with van der Waals surface area (Å²) in [6.45, 7) is 1.90. The van der Waals surface area contributed by atoms with Gasteiger partial charge in [-0.25, -0.2) is 8.42 Å². The molecule has 6 nitrogen and oxygen atoms in total. The van der Waals surface area contributed by atoms with Gasteiger partial charge >= 0.3 is 0 Å². The number of nitrogens with two attached hydrogens (primary N) is 1. The molecule has 0 aliphatic heterocycles. The second-order valence-electron chi connectivity index (χ2n) is 4.68. The molecule has 0 atom stereocenters. The minimum atomic E-state index is -3.77. The van der Waals surface area contributed by atoms with Crippen molar-refractivity contribution in [3.05, 3.63) is 28.8 Å². The summed E-state index contributed by atoms with van der Waals surface area (Å²) in [4.78, 5) is 13.1. The van der Waals surface area contributed by atoms with Gasteiger partial charge in [0.1, 0.15) is 0 Å². The lowest BCUT2D eigenvalue weighted by molar-refractivity contribution is -0.128. The average molecular weight is 334 g/mol. The van der Waals surface area contributed by atoms with Crippen LogP contribution >= 0.6 is 11.6 Å². The van der Waals surface area contributed by atoms with E-state index in [1.165, 1.54) is 17.0 Å². The molecule has 1 aromatic rings. The van der Waals surface area contributed by atoms with E-state index >= 15 is 0 Å². The summed E-state index contributed by atoms with van der Waals surface area (Å²) in [5.41, 5.74) is 6.17. The van der Waals surface area contributed by atoms with Gasteiger partial charge in [0.2, 0.25) is 15.9 Å². The van der Waals surface area contributed by atoms with Crippen LogP contribution < -0.4 is 5.73 Å². The van der Waals surface area contributed by atoms with Gasteiger partial charge in [-0.1, -0.05) is 24.6 Å². The maximum atomic E-state index is 12.5. The molecule has 0 aliphatic rings. The number of benzene rings is 1. The molecule has 0 fully saturated rings. The van der Waals surface area contributed by atoms with Crippen LogP contribution in [0, 0.1) is 0 Å². The maximum Gasteiger partial charge on any atom is 0.243 e. The first-order chi connectivity index (χ1) is 9.73. The van der Waals surface area contributed by atoms with Crippen LogP contribution in [0.1, 0.15) is 12.5 Å². The van der Waals surface area contributed by atoms with E-state index in [9.17, 15) is 13.2 Å². The van der Waals surface area contributed by atoms with E-state index in [-0.39, 0.29) is 30.4 Å². The van der Waals surface area contributed by atoms with E-state index in [1.807, 2.05) is 0 Å². The Kier molecular flexibility index (Phi) is 6.15. The minimum absolute atomic E-state index is 0.0538. The molecule has 1 aromatic carbocycles. The Balaban J connectivity index is 3.13. The Morgan fingerprint density at radius 3 is 2.38 bits per heavy atom. The second-order valence-corrected chi connectivity index (χ2v) is 7.02. The van der Waals surface area contributed by atoms with Crippen LogP contribution in [-0.2, 0) is 21.4 Å². The number of halogens is 1. The molecule has 2 N–H and O–H groups in total. The van der Waals surface area contributed by atoms with Gasteiger partial charge in [-0.05, 0) is 17.7 Å². The van der Waals surface area contributed by atoms with Crippen molar-refractivity contribution in [1.29, 1.82) is 0 Å². The molecule has 21 heavy (non-hydrogen) atoms. The highest BCUT2D eigenvalue weighted by molar-refractivity contribution is 7.89. The minimum Gasteiger partial charge on any atom is -0.348 e. The first-order valence-electron chi connectivity index (χ1n) is 6.42. The summed E-state index contributed by atoms with van der Waals surface area (Å²) < 4.78 is 26.2. The first kappa shape index (κ1) is 17.9. The van der Waals surface area contributed by atoms with E-state index in [0.29, 0.717) is 10.6 Å². The lowest BCUT2D eigenvalue weighted by atomic mass is 10.2. The number of nitrogens with zero attached hydrogens (tertiary/aromatic N) is 2. The topological polar surface area (TPSA) is 83.7 Å². The molecule has 1 amide bonds. The lowest BCUT2D eigenvalue weighted by Gasteiger charge is -2.22. The number of amides is 1. The Hall–Kier alpha value is -1.15. The standard InChI is InChI=1S/C13H20ClN3O3S/c1-4-17(9-13(18)16(2)3)21(19,20)11-6-5-10(8-15)12(14)7-11/h5-7H,4,8-9,15H2,1-3H3. The van der Waals surface area contributed by atoms with Gasteiger partial charge in [-0.3, -0.25) is 4.79 Å². The molecule has 0 saturated carbocycles. The summed E-state index contributed by atoms with van der Waals surface area (Å²) in [7, 11) is -0.608. The van der Waals surface area contributed by atoms with Crippen LogP contribution in [0.3, 0.4) is 0 Å². The smallest absolute Gasteiger partial charge is 0.243 e. The monoisotopic (exact) mass is 333 g/mol. The van der Waals surface area contributed by atoms with Crippen LogP contribution in [0.2, 0.25) is 5.02 Å². The second kappa shape index (κ2) is 7.22. The zero-order chi connectivity index (χ0) is 16.2. The third-order valence-electron chi connectivity index (χ3n) is 3.05. The van der Waals surface area contributed by atoms with Gasteiger partial charge in [-0.15, -0.1) is 0 Å². The highest BCUT2D eigenvalue weighted by atomic mass is 35.5. The van der Waals surface area contributed by atoms with Crippen molar-refractivity contribution in [1.82, 2.24) is 9.21 Å². The summed E-state index contributed by atoms with van der Waals surface area (Å²) in [6, 6.07) is 4.39. The highest BCUT2D eigenvalue weighted by Gasteiger charge is 2.26. The van der Waals surface area contributed by atoms with E-state index in [0.717, 1.165) is 4.31 Å². The van der Waals surface area contributed by atoms with Crippen LogP contribution in [0.15, 0.2) is 23.1 Å². The number of hydrogen-bond donors (Lipinski definition) is 1. The van der Waals surface area contributed by atoms with Gasteiger partial charge in [0.05, 0.1) is 11.4 Å². The average Bonchev–Trinajstić information content (AvgIpc) is 2.43. The van der Waals surface area contributed by atoms with Crippen molar-refractivity contribution < 1.29 is 13.2 Å². The number of likely N-dealkylation sites (N-methyl/N-ethyl adjacent to an activating group) is 2. The highest BCUT2D eigenvalue weighted by Crippen LogP contribution is 2.23. The van der Waals surface area contributed by atoms with Crippen molar-refractivity contribution in [2.45, 2.75) is 18.4 Å². The van der Waals surface area contributed by atoms with Crippen molar-refractivity contribution in [2.75, 3.05) is 27.2 Å². The zero-order valence-corrected chi connectivity index (χ0v) is 13.9. The van der Waals surface area contributed by atoms with Crippen molar-refractivity contribution >= 4 is 27.5 Å². The Morgan fingerprint density at radius 1 is 1.33 bits per heavy atom. The van der Waals surface area contributed by atoms with Gasteiger partial charge < -0.3 is 10.6 Å². The number of carbonyl (C=O) groups is 1. The summed E-state index contributed by atoms with van der Waals surface area (Å²) in [5, 5.41) is 0.300. The van der Waals surface area contributed by atoms with Crippen molar-refractivity contribution in [3.63, 3.8) is 0 Å². The molecule has 8 heteroatoms. The molecule has 0 bridgehead atoms. The molecule has 0 aromatic heterocycles. The third kappa shape index (κ3) is 4.16. The first-order valence-corrected chi connectivity index (χ1v) is 8.24. The molecule has 0 aliphatic carbocycles. The molecule has 0 radical (unpaired) electrons. The number of hydrogen-bond acceptors (Lipinski definition) is 4. The molecule has 1 rings (SSSR count). The zero-order valence-electron chi connectivity index (χ0n) is 12.3. The third-order valence-corrected chi connectivity index (χ3v) is 5.31. The Morgan fingerprint density at radius 2 is 1.95 bits per heavy atom. The fourth-order valence-corrected chi connectivity index (χ4v) is 3.41. The summed E-state index contributed by atoms with van der Waals surface area (Å²) in [6.07, 6.45) is 0. The Labute approximate surface area is 130 Å². The normalized spacial score (nSPS) is 11.7. The molecule has 0 heterocycles. The van der Waals surface area contributed by atoms with Gasteiger partial charge in [0.25, 0.3) is 0 Å². The largest absolute Gasteiger partial charge is 0.348 e. The van der Waals surface area contributed by atoms with E-state index in [4.69, 9.17) is 17.3 Å². The van der Waals surface area contributed by atoms with Crippen LogP contribution in [0.5, 0.6) is 0 Å². The number of rotatable bonds is 6. The van der Waals surface area contributed by atoms with E-state index < -0.39 is 10.0 Å². The van der Waals surface area contributed by atoms with E-state index in [1.54, 1.807) is 27.1 Å². The van der Waals surface area contributed by atoms with E-state index in [2.05, 4.69) is 0 Å². The lowest BCUT2D eigenvalue weighted by Crippen LogP contribution is -2.40. The molecular weight excluding hydrogens is 314 g/mol. The SMILES string of the molecule is CCN(CC(=O)N(C)C)S(=O)(=O)c1ccc(CN)c(Cl)c1.